The maximum atomic E-state index is 12.8. The SMILES string of the molecule is CC(N)C1CCCN(C(=O)C2CSc3ccccc32)C1. The summed E-state index contributed by atoms with van der Waals surface area (Å²) in [4.78, 5) is 16.1. The molecule has 2 N–H and O–H groups in total. The molecule has 2 aliphatic heterocycles. The predicted molar refractivity (Wildman–Crippen MR) is 82.9 cm³/mol. The van der Waals surface area contributed by atoms with Crippen molar-refractivity contribution in [3.63, 3.8) is 0 Å². The van der Waals surface area contributed by atoms with Gasteiger partial charge in [0.2, 0.25) is 5.91 Å². The number of nitrogens with two attached hydrogens (primary N) is 1. The average molecular weight is 290 g/mol. The van der Waals surface area contributed by atoms with Crippen LogP contribution in [0.1, 0.15) is 31.2 Å². The quantitative estimate of drug-likeness (QED) is 0.910. The summed E-state index contributed by atoms with van der Waals surface area (Å²) < 4.78 is 0. The average Bonchev–Trinajstić information content (AvgIpc) is 2.90. The van der Waals surface area contributed by atoms with Gasteiger partial charge in [-0.3, -0.25) is 4.79 Å². The van der Waals surface area contributed by atoms with Crippen molar-refractivity contribution < 1.29 is 4.79 Å². The molecule has 1 amide bonds. The van der Waals surface area contributed by atoms with Crippen LogP contribution in [0.25, 0.3) is 0 Å². The van der Waals surface area contributed by atoms with Gasteiger partial charge in [-0.05, 0) is 37.3 Å². The van der Waals surface area contributed by atoms with Crippen molar-refractivity contribution >= 4 is 17.7 Å². The summed E-state index contributed by atoms with van der Waals surface area (Å²) in [5.41, 5.74) is 7.23. The van der Waals surface area contributed by atoms with Crippen LogP contribution >= 0.6 is 11.8 Å². The summed E-state index contributed by atoms with van der Waals surface area (Å²) in [6.45, 7) is 3.78. The molecule has 1 aromatic carbocycles. The molecular formula is C16H22N2OS. The molecule has 0 saturated carbocycles. The lowest BCUT2D eigenvalue weighted by molar-refractivity contribution is -0.134. The van der Waals surface area contributed by atoms with E-state index in [1.54, 1.807) is 11.8 Å². The normalized spacial score (nSPS) is 27.2. The molecule has 1 fully saturated rings. The number of carbonyl (C=O) groups excluding carboxylic acids is 1. The van der Waals surface area contributed by atoms with E-state index >= 15 is 0 Å². The van der Waals surface area contributed by atoms with E-state index in [4.69, 9.17) is 5.73 Å². The van der Waals surface area contributed by atoms with Crippen molar-refractivity contribution in [3.8, 4) is 0 Å². The van der Waals surface area contributed by atoms with Crippen molar-refractivity contribution in [2.45, 2.75) is 36.6 Å². The highest BCUT2D eigenvalue weighted by molar-refractivity contribution is 7.99. The summed E-state index contributed by atoms with van der Waals surface area (Å²) in [6.07, 6.45) is 2.23. The van der Waals surface area contributed by atoms with Gasteiger partial charge in [0, 0.05) is 29.8 Å². The first kappa shape index (κ1) is 14.0. The van der Waals surface area contributed by atoms with E-state index in [1.165, 1.54) is 10.5 Å². The lowest BCUT2D eigenvalue weighted by atomic mass is 9.90. The minimum atomic E-state index is 0.0445. The van der Waals surface area contributed by atoms with Gasteiger partial charge in [0.15, 0.2) is 0 Å². The highest BCUT2D eigenvalue weighted by Gasteiger charge is 2.34. The third-order valence-electron chi connectivity index (χ3n) is 4.51. The van der Waals surface area contributed by atoms with Gasteiger partial charge in [0.1, 0.15) is 0 Å². The van der Waals surface area contributed by atoms with Crippen LogP contribution in [0.3, 0.4) is 0 Å². The second-order valence-electron chi connectivity index (χ2n) is 5.95. The van der Waals surface area contributed by atoms with Crippen LogP contribution < -0.4 is 5.73 Å². The number of benzene rings is 1. The number of thioether (sulfide) groups is 1. The smallest absolute Gasteiger partial charge is 0.231 e. The fraction of sp³-hybridized carbons (Fsp3) is 0.562. The molecule has 2 heterocycles. The molecule has 1 aromatic rings. The predicted octanol–water partition coefficient (Wildman–Crippen LogP) is 2.46. The van der Waals surface area contributed by atoms with Gasteiger partial charge in [-0.25, -0.2) is 0 Å². The Morgan fingerprint density at radius 1 is 1.45 bits per heavy atom. The number of rotatable bonds is 2. The number of amides is 1. The molecule has 0 aromatic heterocycles. The Morgan fingerprint density at radius 3 is 3.05 bits per heavy atom. The molecule has 0 aliphatic carbocycles. The van der Waals surface area contributed by atoms with E-state index in [9.17, 15) is 4.79 Å². The van der Waals surface area contributed by atoms with Crippen LogP contribution in [0, 0.1) is 5.92 Å². The summed E-state index contributed by atoms with van der Waals surface area (Å²) >= 11 is 1.80. The summed E-state index contributed by atoms with van der Waals surface area (Å²) in [5.74, 6) is 1.69. The van der Waals surface area contributed by atoms with E-state index in [2.05, 4.69) is 19.1 Å². The Bertz CT molecular complexity index is 503. The number of nitrogens with zero attached hydrogens (tertiary/aromatic N) is 1. The van der Waals surface area contributed by atoms with Gasteiger partial charge in [0.25, 0.3) is 0 Å². The number of likely N-dealkylation sites (tertiary alicyclic amines) is 1. The zero-order chi connectivity index (χ0) is 14.1. The van der Waals surface area contributed by atoms with Crippen molar-refractivity contribution in [1.82, 2.24) is 4.90 Å². The van der Waals surface area contributed by atoms with Crippen molar-refractivity contribution in [2.24, 2.45) is 11.7 Å². The number of hydrogen-bond acceptors (Lipinski definition) is 3. The Morgan fingerprint density at radius 2 is 2.25 bits per heavy atom. The maximum absolute atomic E-state index is 12.8. The third kappa shape index (κ3) is 2.59. The van der Waals surface area contributed by atoms with E-state index in [1.807, 2.05) is 17.0 Å². The molecule has 2 aliphatic rings. The minimum Gasteiger partial charge on any atom is -0.342 e. The van der Waals surface area contributed by atoms with Crippen LogP contribution in [-0.2, 0) is 4.79 Å². The molecule has 108 valence electrons. The second-order valence-corrected chi connectivity index (χ2v) is 7.01. The molecule has 0 radical (unpaired) electrons. The maximum Gasteiger partial charge on any atom is 0.231 e. The lowest BCUT2D eigenvalue weighted by Gasteiger charge is -2.36. The highest BCUT2D eigenvalue weighted by atomic mass is 32.2. The topological polar surface area (TPSA) is 46.3 Å². The van der Waals surface area contributed by atoms with E-state index in [-0.39, 0.29) is 12.0 Å². The Hall–Kier alpha value is -1.00. The number of fused-ring (bicyclic) bond motifs is 1. The molecule has 20 heavy (non-hydrogen) atoms. The molecule has 3 unspecified atom stereocenters. The Balaban J connectivity index is 1.74. The summed E-state index contributed by atoms with van der Waals surface area (Å²) in [7, 11) is 0. The number of piperidine rings is 1. The molecule has 3 rings (SSSR count). The standard InChI is InChI=1S/C16H22N2OS/c1-11(17)12-5-4-8-18(9-12)16(19)14-10-20-15-7-3-2-6-13(14)15/h2-3,6-7,11-12,14H,4-5,8-10,17H2,1H3. The van der Waals surface area contributed by atoms with Crippen molar-refractivity contribution in [1.29, 1.82) is 0 Å². The minimum absolute atomic E-state index is 0.0445. The molecule has 3 nitrogen and oxygen atoms in total. The summed E-state index contributed by atoms with van der Waals surface area (Å²) in [6, 6.07) is 8.48. The zero-order valence-electron chi connectivity index (χ0n) is 11.9. The third-order valence-corrected chi connectivity index (χ3v) is 5.69. The van der Waals surface area contributed by atoms with Gasteiger partial charge in [-0.1, -0.05) is 18.2 Å². The van der Waals surface area contributed by atoms with Crippen molar-refractivity contribution in [3.05, 3.63) is 29.8 Å². The van der Waals surface area contributed by atoms with Crippen LogP contribution in [0.2, 0.25) is 0 Å². The van der Waals surface area contributed by atoms with Gasteiger partial charge in [-0.2, -0.15) is 0 Å². The first-order valence-corrected chi connectivity index (χ1v) is 8.41. The monoisotopic (exact) mass is 290 g/mol. The van der Waals surface area contributed by atoms with Gasteiger partial charge < -0.3 is 10.6 Å². The van der Waals surface area contributed by atoms with E-state index < -0.39 is 0 Å². The van der Waals surface area contributed by atoms with Crippen LogP contribution in [0.15, 0.2) is 29.2 Å². The molecule has 0 bridgehead atoms. The van der Waals surface area contributed by atoms with Gasteiger partial charge in [0.05, 0.1) is 5.92 Å². The Labute approximate surface area is 124 Å². The highest BCUT2D eigenvalue weighted by Crippen LogP contribution is 2.40. The second kappa shape index (κ2) is 5.78. The van der Waals surface area contributed by atoms with E-state index in [0.717, 1.165) is 31.7 Å². The zero-order valence-corrected chi connectivity index (χ0v) is 12.7. The molecule has 4 heteroatoms. The fourth-order valence-electron chi connectivity index (χ4n) is 3.23. The van der Waals surface area contributed by atoms with Crippen molar-refractivity contribution in [2.75, 3.05) is 18.8 Å². The molecule has 1 saturated heterocycles. The first-order chi connectivity index (χ1) is 9.66. The van der Waals surface area contributed by atoms with Crippen LogP contribution in [0.5, 0.6) is 0 Å². The van der Waals surface area contributed by atoms with Gasteiger partial charge >= 0.3 is 0 Å². The fourth-order valence-corrected chi connectivity index (χ4v) is 4.45. The van der Waals surface area contributed by atoms with Crippen LogP contribution in [0.4, 0.5) is 0 Å². The van der Waals surface area contributed by atoms with Crippen LogP contribution in [-0.4, -0.2) is 35.7 Å². The number of hydrogen-bond donors (Lipinski definition) is 1. The van der Waals surface area contributed by atoms with E-state index in [0.29, 0.717) is 11.8 Å². The van der Waals surface area contributed by atoms with Gasteiger partial charge in [-0.15, -0.1) is 11.8 Å². The Kier molecular flexibility index (Phi) is 4.03. The first-order valence-electron chi connectivity index (χ1n) is 7.43. The molecule has 3 atom stereocenters. The lowest BCUT2D eigenvalue weighted by Crippen LogP contribution is -2.46. The molecular weight excluding hydrogens is 268 g/mol. The number of carbonyl (C=O) groups is 1. The molecule has 0 spiro atoms. The summed E-state index contributed by atoms with van der Waals surface area (Å²) in [5, 5.41) is 0. The largest absolute Gasteiger partial charge is 0.342 e.